The lowest BCUT2D eigenvalue weighted by molar-refractivity contribution is -0.0980. The topological polar surface area (TPSA) is 131 Å². The molecule has 2 heterocycles. The van der Waals surface area contributed by atoms with Gasteiger partial charge < -0.3 is 26.5 Å². The number of carbonyl (C=O) groups excluding carboxylic acids is 3. The Morgan fingerprint density at radius 1 is 1.30 bits per heavy atom. The number of amides is 3. The van der Waals surface area contributed by atoms with Crippen LogP contribution in [0.1, 0.15) is 57.8 Å². The van der Waals surface area contributed by atoms with Gasteiger partial charge in [0.25, 0.3) is 5.91 Å². The molecule has 3 rings (SSSR count). The van der Waals surface area contributed by atoms with Crippen molar-refractivity contribution in [1.82, 2.24) is 14.9 Å². The minimum absolute atomic E-state index is 0.0282. The van der Waals surface area contributed by atoms with E-state index < -0.39 is 5.91 Å². The summed E-state index contributed by atoms with van der Waals surface area (Å²) < 4.78 is 1.64. The van der Waals surface area contributed by atoms with Crippen molar-refractivity contribution in [2.45, 2.75) is 59.5 Å². The maximum atomic E-state index is 12.0. The van der Waals surface area contributed by atoms with Crippen molar-refractivity contribution in [3.63, 3.8) is 0 Å². The van der Waals surface area contributed by atoms with Crippen LogP contribution < -0.4 is 21.7 Å². The molecule has 0 saturated heterocycles. The number of urea groups is 1. The number of fused-ring (bicyclic) bond motifs is 1. The van der Waals surface area contributed by atoms with Crippen molar-refractivity contribution in [2.75, 3.05) is 10.6 Å². The highest BCUT2D eigenvalue weighted by atomic mass is 16.2. The second kappa shape index (κ2) is 9.15. The molecule has 2 aromatic rings. The molecule has 9 nitrogen and oxygen atoms in total. The third-order valence-electron chi connectivity index (χ3n) is 5.96. The minimum atomic E-state index is -0.533. The molecule has 2 atom stereocenters. The van der Waals surface area contributed by atoms with E-state index in [1.165, 1.54) is 6.20 Å². The van der Waals surface area contributed by atoms with Crippen molar-refractivity contribution in [1.29, 1.82) is 0 Å². The Bertz CT molecular complexity index is 921. The third-order valence-corrected chi connectivity index (χ3v) is 5.96. The molecule has 1 fully saturated rings. The number of primary amides is 1. The number of carbonyl (C=O) groups is 3. The zero-order chi connectivity index (χ0) is 22.6. The number of nitrogens with zero attached hydrogens (tertiary/aromatic N) is 2. The predicted molar refractivity (Wildman–Crippen MR) is 118 cm³/mol. The minimum Gasteiger partial charge on any atom is -0.379 e. The highest BCUT2D eigenvalue weighted by molar-refractivity contribution is 6.02. The van der Waals surface area contributed by atoms with Gasteiger partial charge >= 0.3 is 6.03 Å². The zero-order valence-electron chi connectivity index (χ0n) is 18.3. The Kier molecular flexibility index (Phi) is 7.07. The summed E-state index contributed by atoms with van der Waals surface area (Å²) >= 11 is 0. The van der Waals surface area contributed by atoms with Gasteiger partial charge in [0.2, 0.25) is 0 Å². The molecule has 1 aliphatic carbocycles. The molecule has 1 saturated carbocycles. The number of hydrogen-bond donors (Lipinski definition) is 4. The number of hydrogen-bond acceptors (Lipinski definition) is 5. The smallest absolute Gasteiger partial charge is 0.319 e. The second-order valence-electron chi connectivity index (χ2n) is 8.61. The van der Waals surface area contributed by atoms with E-state index in [1.54, 1.807) is 16.8 Å². The molecule has 5 N–H and O–H groups in total. The molecule has 0 aromatic carbocycles. The van der Waals surface area contributed by atoms with Gasteiger partial charge in [0.15, 0.2) is 0 Å². The lowest BCUT2D eigenvalue weighted by Gasteiger charge is -2.33. The van der Waals surface area contributed by atoms with Crippen LogP contribution in [0.25, 0.3) is 5.52 Å². The lowest BCUT2D eigenvalue weighted by atomic mass is 9.80. The summed E-state index contributed by atoms with van der Waals surface area (Å²) in [6, 6.07) is 1.75. The van der Waals surface area contributed by atoms with Crippen LogP contribution in [0.2, 0.25) is 0 Å². The van der Waals surface area contributed by atoms with Crippen LogP contribution in [0, 0.1) is 11.3 Å². The van der Waals surface area contributed by atoms with Crippen LogP contribution >= 0.6 is 0 Å². The van der Waals surface area contributed by atoms with Crippen LogP contribution in [0.15, 0.2) is 18.5 Å². The fourth-order valence-electron chi connectivity index (χ4n) is 3.83. The van der Waals surface area contributed by atoms with Gasteiger partial charge in [-0.2, -0.15) is 5.10 Å². The molecule has 164 valence electrons. The normalized spacial score (nSPS) is 19.8. The Hall–Kier alpha value is -3.10. The lowest BCUT2D eigenvalue weighted by Crippen LogP contribution is -2.35. The molecular weight excluding hydrogens is 384 g/mol. The largest absolute Gasteiger partial charge is 0.379 e. The first-order valence-electron chi connectivity index (χ1n) is 10.0. The van der Waals surface area contributed by atoms with Crippen molar-refractivity contribution in [3.8, 4) is 0 Å². The molecule has 3 amide bonds. The fourth-order valence-corrected chi connectivity index (χ4v) is 3.83. The molecule has 0 spiro atoms. The van der Waals surface area contributed by atoms with Crippen LogP contribution in [-0.2, 0) is 4.79 Å². The van der Waals surface area contributed by atoms with Crippen LogP contribution in [0.3, 0.4) is 0 Å². The molecule has 0 aliphatic heterocycles. The predicted octanol–water partition coefficient (Wildman–Crippen LogP) is 3.01. The van der Waals surface area contributed by atoms with E-state index in [1.807, 2.05) is 20.6 Å². The summed E-state index contributed by atoms with van der Waals surface area (Å²) in [6.45, 7) is 12.5. The van der Waals surface area contributed by atoms with Crippen LogP contribution in [-0.4, -0.2) is 40.4 Å². The van der Waals surface area contributed by atoms with E-state index in [9.17, 15) is 9.59 Å². The van der Waals surface area contributed by atoms with E-state index >= 15 is 0 Å². The van der Waals surface area contributed by atoms with Gasteiger partial charge in [-0.05, 0) is 44.1 Å². The van der Waals surface area contributed by atoms with Gasteiger partial charge in [0.1, 0.15) is 6.79 Å². The van der Waals surface area contributed by atoms with Crippen molar-refractivity contribution >= 4 is 35.6 Å². The van der Waals surface area contributed by atoms with Crippen molar-refractivity contribution < 1.29 is 14.4 Å². The summed E-state index contributed by atoms with van der Waals surface area (Å²) in [5.74, 6) is 0.0400. The van der Waals surface area contributed by atoms with Gasteiger partial charge in [-0.25, -0.2) is 9.31 Å². The zero-order valence-corrected chi connectivity index (χ0v) is 18.3. The Labute approximate surface area is 176 Å². The average Bonchev–Trinajstić information content (AvgIpc) is 3.17. The Balaban J connectivity index is 0.00000155. The van der Waals surface area contributed by atoms with Crippen LogP contribution in [0.5, 0.6) is 0 Å². The highest BCUT2D eigenvalue weighted by Crippen LogP contribution is 2.44. The monoisotopic (exact) mass is 416 g/mol. The van der Waals surface area contributed by atoms with Gasteiger partial charge in [-0.15, -0.1) is 0 Å². The van der Waals surface area contributed by atoms with E-state index in [-0.39, 0.29) is 23.5 Å². The first-order valence-corrected chi connectivity index (χ1v) is 10.0. The maximum Gasteiger partial charge on any atom is 0.319 e. The molecule has 9 heteroatoms. The average molecular weight is 417 g/mol. The summed E-state index contributed by atoms with van der Waals surface area (Å²) in [5.41, 5.74) is 7.99. The Morgan fingerprint density at radius 3 is 2.50 bits per heavy atom. The number of anilines is 2. The molecule has 0 unspecified atom stereocenters. The van der Waals surface area contributed by atoms with Crippen LogP contribution in [0.4, 0.5) is 16.2 Å². The van der Waals surface area contributed by atoms with Gasteiger partial charge in [-0.3, -0.25) is 4.79 Å². The maximum absolute atomic E-state index is 12.0. The number of nitrogens with one attached hydrogen (secondary N) is 3. The molecule has 0 radical (unpaired) electrons. The Morgan fingerprint density at radius 2 is 1.97 bits per heavy atom. The first kappa shape index (κ1) is 23.2. The molecule has 1 aliphatic rings. The molecule has 0 bridgehead atoms. The number of rotatable bonds is 5. The fraction of sp³-hybridized carbons (Fsp3) is 0.524. The van der Waals surface area contributed by atoms with E-state index in [2.05, 4.69) is 41.8 Å². The van der Waals surface area contributed by atoms with Gasteiger partial charge in [0.05, 0.1) is 34.8 Å². The summed E-state index contributed by atoms with van der Waals surface area (Å²) in [6.07, 6.45) is 5.33. The van der Waals surface area contributed by atoms with E-state index in [0.717, 1.165) is 12.8 Å². The summed E-state index contributed by atoms with van der Waals surface area (Å²) in [5, 5.41) is 13.4. The highest BCUT2D eigenvalue weighted by Gasteiger charge is 2.41. The van der Waals surface area contributed by atoms with Gasteiger partial charge in [0, 0.05) is 12.1 Å². The quantitative estimate of drug-likeness (QED) is 0.595. The molecule has 30 heavy (non-hydrogen) atoms. The number of nitrogens with two attached hydrogens (primary N) is 1. The summed E-state index contributed by atoms with van der Waals surface area (Å²) in [7, 11) is 0. The van der Waals surface area contributed by atoms with Crippen molar-refractivity contribution in [2.24, 2.45) is 17.1 Å². The van der Waals surface area contributed by atoms with Gasteiger partial charge in [-0.1, -0.05) is 20.8 Å². The van der Waals surface area contributed by atoms with Crippen molar-refractivity contribution in [3.05, 3.63) is 24.0 Å². The third kappa shape index (κ3) is 4.72. The SMILES string of the molecule is C=O.CC(C)NC(=O)Nc1cc2c(N[C@@H]3CC[C@H](C)C3(C)C)c(C(N)=O)cnn2c1. The van der Waals surface area contributed by atoms with E-state index in [0.29, 0.717) is 28.4 Å². The molecule has 2 aromatic heterocycles. The second-order valence-corrected chi connectivity index (χ2v) is 8.61. The molecular formula is C21H32N6O3. The summed E-state index contributed by atoms with van der Waals surface area (Å²) in [4.78, 5) is 32.0. The standard InChI is InChI=1S/C20H30N6O2.CH2O/c1-11(2)23-19(28)24-13-8-15-17(14(18(21)27)9-22-26(15)10-13)25-16-7-6-12(3)20(16,4)5;1-2/h8-12,16,25H,6-7H2,1-5H3,(H2,21,27)(H2,23,24,28);1H2/t12-,16+;/m0./s1. The number of aromatic nitrogens is 2. The first-order chi connectivity index (χ1) is 14.1. The van der Waals surface area contributed by atoms with E-state index in [4.69, 9.17) is 10.5 Å².